The first-order valence-corrected chi connectivity index (χ1v) is 7.84. The number of nitrogens with zero attached hydrogens (tertiary/aromatic N) is 1. The van der Waals surface area contributed by atoms with Gasteiger partial charge in [0.2, 0.25) is 0 Å². The molecule has 0 aliphatic heterocycles. The zero-order valence-electron chi connectivity index (χ0n) is 13.3. The van der Waals surface area contributed by atoms with Crippen LogP contribution in [0.1, 0.15) is 32.8 Å². The maximum absolute atomic E-state index is 13.7. The van der Waals surface area contributed by atoms with E-state index in [1.165, 1.54) is 7.11 Å². The number of esters is 1. The largest absolute Gasteiger partial charge is 0.469 e. The van der Waals surface area contributed by atoms with E-state index in [0.717, 1.165) is 0 Å². The van der Waals surface area contributed by atoms with Crippen molar-refractivity contribution in [3.8, 4) is 0 Å². The Morgan fingerprint density at radius 1 is 1.17 bits per heavy atom. The summed E-state index contributed by atoms with van der Waals surface area (Å²) in [6.07, 6.45) is -0.600. The van der Waals surface area contributed by atoms with Gasteiger partial charge < -0.3 is 4.74 Å². The third kappa shape index (κ3) is 5.78. The monoisotopic (exact) mass is 349 g/mol. The molecular formula is C15H18F3NO3S. The number of carbonyl (C=O) groups excluding carboxylic acids is 1. The quantitative estimate of drug-likeness (QED) is 0.466. The number of methoxy groups -OCH3 is 1. The van der Waals surface area contributed by atoms with Crippen LogP contribution in [-0.2, 0) is 26.9 Å². The molecule has 1 unspecified atom stereocenters. The molecule has 0 spiro atoms. The fourth-order valence-electron chi connectivity index (χ4n) is 1.54. The smallest absolute Gasteiger partial charge is 0.311 e. The van der Waals surface area contributed by atoms with E-state index < -0.39 is 39.2 Å². The van der Waals surface area contributed by atoms with Crippen LogP contribution in [-0.4, -0.2) is 27.7 Å². The first-order valence-electron chi connectivity index (χ1n) is 6.73. The Kier molecular flexibility index (Phi) is 6.49. The molecule has 0 saturated carbocycles. The van der Waals surface area contributed by atoms with E-state index in [1.54, 1.807) is 20.8 Å². The van der Waals surface area contributed by atoms with Crippen molar-refractivity contribution in [3.63, 3.8) is 0 Å². The van der Waals surface area contributed by atoms with Gasteiger partial charge in [0, 0.05) is 18.2 Å². The third-order valence-electron chi connectivity index (χ3n) is 2.80. The highest BCUT2D eigenvalue weighted by molar-refractivity contribution is 7.85. The van der Waals surface area contributed by atoms with Gasteiger partial charge in [-0.2, -0.15) is 4.40 Å². The lowest BCUT2D eigenvalue weighted by Gasteiger charge is -2.15. The van der Waals surface area contributed by atoms with Gasteiger partial charge in [0.05, 0.1) is 18.3 Å². The fraction of sp³-hybridized carbons (Fsp3) is 0.467. The first kappa shape index (κ1) is 19.3. The highest BCUT2D eigenvalue weighted by Crippen LogP contribution is 2.18. The summed E-state index contributed by atoms with van der Waals surface area (Å²) in [6, 6.07) is 1.11. The average Bonchev–Trinajstić information content (AvgIpc) is 2.43. The van der Waals surface area contributed by atoms with Crippen molar-refractivity contribution in [1.29, 1.82) is 0 Å². The average molecular weight is 349 g/mol. The Balaban J connectivity index is 3.16. The van der Waals surface area contributed by atoms with Gasteiger partial charge in [-0.05, 0) is 32.4 Å². The van der Waals surface area contributed by atoms with Crippen LogP contribution in [0.3, 0.4) is 0 Å². The topological polar surface area (TPSA) is 55.7 Å². The second-order valence-corrected chi connectivity index (χ2v) is 7.71. The Morgan fingerprint density at radius 2 is 1.74 bits per heavy atom. The summed E-state index contributed by atoms with van der Waals surface area (Å²) in [4.78, 5) is 11.4. The Hall–Kier alpha value is -1.70. The molecule has 0 heterocycles. The van der Waals surface area contributed by atoms with Crippen LogP contribution in [0.4, 0.5) is 13.2 Å². The molecule has 8 heteroatoms. The van der Waals surface area contributed by atoms with Gasteiger partial charge in [-0.15, -0.1) is 0 Å². The molecule has 0 aromatic heterocycles. The number of ether oxygens (including phenoxy) is 1. The van der Waals surface area contributed by atoms with Crippen molar-refractivity contribution in [2.45, 2.75) is 38.4 Å². The highest BCUT2D eigenvalue weighted by atomic mass is 32.2. The van der Waals surface area contributed by atoms with Gasteiger partial charge >= 0.3 is 5.97 Å². The predicted molar refractivity (Wildman–Crippen MR) is 82.0 cm³/mol. The first-order chi connectivity index (χ1) is 10.5. The van der Waals surface area contributed by atoms with Crippen LogP contribution in [0, 0.1) is 17.5 Å². The van der Waals surface area contributed by atoms with Gasteiger partial charge in [-0.25, -0.2) is 17.4 Å². The number of rotatable bonds is 5. The molecule has 1 aromatic rings. The summed E-state index contributed by atoms with van der Waals surface area (Å²) in [5.41, 5.74) is -0.118. The standard InChI is InChI=1S/C15H18F3NO3S/c1-15(2,3)23(21)19-10(7-14(20)22-4)5-9-6-12(17)13(18)8-11(9)16/h6,8H,5,7H2,1-4H3. The molecule has 0 saturated heterocycles. The Labute approximate surface area is 135 Å². The highest BCUT2D eigenvalue weighted by Gasteiger charge is 2.22. The molecule has 4 nitrogen and oxygen atoms in total. The van der Waals surface area contributed by atoms with E-state index in [0.29, 0.717) is 12.1 Å². The number of hydrogen-bond acceptors (Lipinski definition) is 3. The zero-order valence-corrected chi connectivity index (χ0v) is 14.1. The number of benzene rings is 1. The van der Waals surface area contributed by atoms with Crippen molar-refractivity contribution < 1.29 is 26.9 Å². The van der Waals surface area contributed by atoms with Crippen LogP contribution >= 0.6 is 0 Å². The second-order valence-electron chi connectivity index (χ2n) is 5.81. The van der Waals surface area contributed by atoms with Crippen molar-refractivity contribution in [3.05, 3.63) is 35.1 Å². The van der Waals surface area contributed by atoms with Gasteiger partial charge in [0.15, 0.2) is 11.6 Å². The normalized spacial score (nSPS) is 13.8. The predicted octanol–water partition coefficient (Wildman–Crippen LogP) is 3.11. The van der Waals surface area contributed by atoms with Gasteiger partial charge in [-0.3, -0.25) is 4.79 Å². The van der Waals surface area contributed by atoms with E-state index in [9.17, 15) is 22.2 Å². The second kappa shape index (κ2) is 7.72. The summed E-state index contributed by atoms with van der Waals surface area (Å²) in [5.74, 6) is -4.15. The third-order valence-corrected chi connectivity index (χ3v) is 4.27. The zero-order chi connectivity index (χ0) is 17.8. The van der Waals surface area contributed by atoms with Crippen LogP contribution < -0.4 is 0 Å². The SMILES string of the molecule is COC(=O)CC(Cc1cc(F)c(F)cc1F)=NS(=O)C(C)(C)C. The molecule has 0 aliphatic carbocycles. The van der Waals surface area contributed by atoms with Gasteiger partial charge in [-0.1, -0.05) is 0 Å². The number of halogens is 3. The summed E-state index contributed by atoms with van der Waals surface area (Å²) in [7, 11) is -0.520. The maximum atomic E-state index is 13.7. The molecule has 0 fully saturated rings. The molecule has 0 radical (unpaired) electrons. The molecule has 128 valence electrons. The van der Waals surface area contributed by atoms with Gasteiger partial charge in [0.25, 0.3) is 0 Å². The Morgan fingerprint density at radius 3 is 2.26 bits per heavy atom. The van der Waals surface area contributed by atoms with Crippen molar-refractivity contribution in [2.75, 3.05) is 7.11 Å². The number of hydrogen-bond donors (Lipinski definition) is 0. The van der Waals surface area contributed by atoms with Crippen LogP contribution in [0.15, 0.2) is 16.5 Å². The minimum absolute atomic E-state index is 0.0648. The molecule has 1 rings (SSSR count). The van der Waals surface area contributed by atoms with E-state index in [4.69, 9.17) is 0 Å². The van der Waals surface area contributed by atoms with E-state index in [2.05, 4.69) is 9.13 Å². The Bertz CT molecular complexity index is 654. The van der Waals surface area contributed by atoms with Crippen LogP contribution in [0.2, 0.25) is 0 Å². The summed E-state index contributed by atoms with van der Waals surface area (Å²) < 4.78 is 59.8. The minimum Gasteiger partial charge on any atom is -0.469 e. The van der Waals surface area contributed by atoms with Crippen molar-refractivity contribution in [2.24, 2.45) is 4.40 Å². The molecule has 1 aromatic carbocycles. The minimum atomic E-state index is -1.69. The molecule has 1 atom stereocenters. The molecule has 0 N–H and O–H groups in total. The van der Waals surface area contributed by atoms with Gasteiger partial charge in [0.1, 0.15) is 16.8 Å². The molecular weight excluding hydrogens is 331 g/mol. The van der Waals surface area contributed by atoms with E-state index >= 15 is 0 Å². The van der Waals surface area contributed by atoms with Crippen molar-refractivity contribution >= 4 is 22.7 Å². The lowest BCUT2D eigenvalue weighted by molar-refractivity contribution is -0.139. The lowest BCUT2D eigenvalue weighted by atomic mass is 10.1. The van der Waals surface area contributed by atoms with Crippen molar-refractivity contribution in [1.82, 2.24) is 0 Å². The fourth-order valence-corrected chi connectivity index (χ4v) is 2.18. The van der Waals surface area contributed by atoms with Crippen LogP contribution in [0.25, 0.3) is 0 Å². The van der Waals surface area contributed by atoms with Crippen LogP contribution in [0.5, 0.6) is 0 Å². The summed E-state index contributed by atoms with van der Waals surface area (Å²) >= 11 is 0. The molecule has 0 amide bonds. The molecule has 23 heavy (non-hydrogen) atoms. The lowest BCUT2D eigenvalue weighted by Crippen LogP contribution is -2.22. The summed E-state index contributed by atoms with van der Waals surface area (Å²) in [6.45, 7) is 5.04. The molecule has 0 aliphatic rings. The maximum Gasteiger partial charge on any atom is 0.311 e. The summed E-state index contributed by atoms with van der Waals surface area (Å²) in [5, 5.41) is 0. The number of carbonyl (C=O) groups is 1. The molecule has 0 bridgehead atoms. The van der Waals surface area contributed by atoms with E-state index in [-0.39, 0.29) is 24.1 Å². The van der Waals surface area contributed by atoms with E-state index in [1.807, 2.05) is 0 Å².